The van der Waals surface area contributed by atoms with Crippen molar-refractivity contribution in [3.63, 3.8) is 0 Å². The van der Waals surface area contributed by atoms with Crippen LogP contribution in [-0.4, -0.2) is 71.4 Å². The highest BCUT2D eigenvalue weighted by Gasteiger charge is 2.33. The monoisotopic (exact) mass is 380 g/mol. The first kappa shape index (κ1) is 18.2. The minimum absolute atomic E-state index is 0.00446. The largest absolute Gasteiger partial charge is 0.390 e. The Balaban J connectivity index is 1.67. The van der Waals surface area contributed by atoms with E-state index in [1.54, 1.807) is 4.52 Å². The number of hydrogen-bond donors (Lipinski definition) is 1. The molecular formula is C18H21AlN6O2. The van der Waals surface area contributed by atoms with Crippen molar-refractivity contribution in [2.45, 2.75) is 38.3 Å². The van der Waals surface area contributed by atoms with E-state index in [-0.39, 0.29) is 10.8 Å². The van der Waals surface area contributed by atoms with Gasteiger partial charge in [-0.25, -0.2) is 9.50 Å². The summed E-state index contributed by atoms with van der Waals surface area (Å²) in [6.45, 7) is 3.58. The van der Waals surface area contributed by atoms with Crippen LogP contribution in [0.25, 0.3) is 5.65 Å². The van der Waals surface area contributed by atoms with E-state index in [0.717, 1.165) is 42.9 Å². The molecule has 2 aromatic rings. The maximum atomic E-state index is 12.0. The van der Waals surface area contributed by atoms with E-state index in [0.29, 0.717) is 18.7 Å². The van der Waals surface area contributed by atoms with Crippen molar-refractivity contribution in [2.75, 3.05) is 24.5 Å². The summed E-state index contributed by atoms with van der Waals surface area (Å²) in [6, 6.07) is 4.07. The predicted molar refractivity (Wildman–Crippen MR) is 99.5 cm³/mol. The number of fused-ring (bicyclic) bond motifs is 1. The molecule has 2 radical (unpaired) electrons. The Labute approximate surface area is 165 Å². The quantitative estimate of drug-likeness (QED) is 0.786. The Morgan fingerprint density at radius 2 is 2.22 bits per heavy atom. The van der Waals surface area contributed by atoms with Crippen LogP contribution in [0.5, 0.6) is 0 Å². The molecule has 0 bridgehead atoms. The topological polar surface area (TPSA) is 97.8 Å². The molecule has 0 aliphatic carbocycles. The molecule has 0 unspecified atom stereocenters. The number of aliphatic hydroxyl groups excluding tert-OH is 1. The van der Waals surface area contributed by atoms with Crippen molar-refractivity contribution in [1.29, 1.82) is 5.26 Å². The van der Waals surface area contributed by atoms with E-state index in [2.05, 4.69) is 27.5 Å². The molecule has 0 spiro atoms. The van der Waals surface area contributed by atoms with E-state index < -0.39 is 12.0 Å². The number of carbonyl (C=O) groups is 1. The van der Waals surface area contributed by atoms with Crippen LogP contribution in [0, 0.1) is 24.2 Å². The summed E-state index contributed by atoms with van der Waals surface area (Å²) in [6.07, 6.45) is 4.26. The molecule has 0 saturated carbocycles. The van der Waals surface area contributed by atoms with Crippen LogP contribution in [-0.2, 0) is 0 Å². The number of β-amino-alcohol motifs (C(OH)–C–C–N with tert-alkyl or cyclic N) is 1. The maximum absolute atomic E-state index is 12.0. The van der Waals surface area contributed by atoms with Crippen LogP contribution in [0.15, 0.2) is 12.3 Å². The summed E-state index contributed by atoms with van der Waals surface area (Å²) in [5.41, 5.74) is 2.50. The molecule has 2 aliphatic heterocycles. The van der Waals surface area contributed by atoms with E-state index in [1.807, 2.05) is 29.0 Å². The zero-order valence-corrected chi connectivity index (χ0v) is 16.4. The number of nitriles is 1. The van der Waals surface area contributed by atoms with Gasteiger partial charge in [0.25, 0.3) is 16.3 Å². The van der Waals surface area contributed by atoms with Gasteiger partial charge in [-0.05, 0) is 26.2 Å². The number of anilines is 1. The number of amides is 1. The zero-order chi connectivity index (χ0) is 19.1. The lowest BCUT2D eigenvalue weighted by atomic mass is 10.0. The first-order chi connectivity index (χ1) is 13.0. The summed E-state index contributed by atoms with van der Waals surface area (Å²) in [5, 5.41) is 23.9. The van der Waals surface area contributed by atoms with E-state index in [9.17, 15) is 9.90 Å². The third-order valence-electron chi connectivity index (χ3n) is 5.51. The van der Waals surface area contributed by atoms with Gasteiger partial charge in [0, 0.05) is 37.5 Å². The lowest BCUT2D eigenvalue weighted by molar-refractivity contribution is 0.170. The number of carbonyl (C=O) groups excluding carboxylic acids is 1. The second-order valence-corrected chi connectivity index (χ2v) is 7.86. The summed E-state index contributed by atoms with van der Waals surface area (Å²) in [7, 11) is 0. The second-order valence-electron chi connectivity index (χ2n) is 7.37. The average molecular weight is 380 g/mol. The van der Waals surface area contributed by atoms with Gasteiger partial charge in [-0.1, -0.05) is 0 Å². The van der Waals surface area contributed by atoms with Crippen molar-refractivity contribution in [1.82, 2.24) is 19.5 Å². The Bertz CT molecular complexity index is 922. The number of aliphatic hydroxyl groups is 1. The molecular weight excluding hydrogens is 359 g/mol. The van der Waals surface area contributed by atoms with E-state index in [1.165, 1.54) is 0 Å². The number of hydrogen-bond acceptors (Lipinski definition) is 6. The molecule has 27 heavy (non-hydrogen) atoms. The molecule has 3 atom stereocenters. The van der Waals surface area contributed by atoms with Gasteiger partial charge in [0.05, 0.1) is 34.6 Å². The number of piperidine rings is 1. The normalized spacial score (nSPS) is 25.7. The third-order valence-corrected chi connectivity index (χ3v) is 5.84. The summed E-state index contributed by atoms with van der Waals surface area (Å²) in [5.74, 6) is 0.375. The average Bonchev–Trinajstić information content (AvgIpc) is 3.23. The van der Waals surface area contributed by atoms with Gasteiger partial charge in [0.1, 0.15) is 5.82 Å². The van der Waals surface area contributed by atoms with Crippen molar-refractivity contribution in [2.24, 2.45) is 5.92 Å². The highest BCUT2D eigenvalue weighted by Crippen LogP contribution is 2.31. The Hall–Kier alpha value is -2.13. The van der Waals surface area contributed by atoms with Gasteiger partial charge < -0.3 is 19.7 Å². The van der Waals surface area contributed by atoms with Crippen LogP contribution in [0.2, 0.25) is 0 Å². The summed E-state index contributed by atoms with van der Waals surface area (Å²) in [4.78, 5) is 20.5. The van der Waals surface area contributed by atoms with Crippen LogP contribution >= 0.6 is 0 Å². The number of aromatic nitrogens is 3. The van der Waals surface area contributed by atoms with Crippen LogP contribution in [0.4, 0.5) is 10.6 Å². The van der Waals surface area contributed by atoms with Crippen molar-refractivity contribution >= 4 is 32.5 Å². The maximum Gasteiger partial charge on any atom is 0.281 e. The SMILES string of the molecule is Cc1cn2nc([C@@H]3CCCCN3[C](=O)[Al])cc2nc1N1C[C@H](O)[C@@H](C#N)C1. The van der Waals surface area contributed by atoms with Gasteiger partial charge in [-0.15, -0.1) is 0 Å². The first-order valence-electron chi connectivity index (χ1n) is 9.23. The standard InChI is InChI=1S/C18H21N6O2.Al/c1-12-8-24-17(20-18(12)23-9-13(7-19)16(26)10-23)6-14(21-24)15-4-2-3-5-22(15)11-25;/h6,8,13,15-16,26H,2-5,9-10H2,1H3;/t13-,15-,16-;/m0./s1. The molecule has 8 nitrogen and oxygen atoms in total. The molecule has 2 aromatic heterocycles. The van der Waals surface area contributed by atoms with Gasteiger partial charge in [-0.3, -0.25) is 0 Å². The Kier molecular flexibility index (Phi) is 4.81. The molecule has 9 heteroatoms. The molecule has 1 amide bonds. The van der Waals surface area contributed by atoms with Gasteiger partial charge in [-0.2, -0.15) is 10.4 Å². The van der Waals surface area contributed by atoms with Crippen molar-refractivity contribution < 1.29 is 9.90 Å². The fourth-order valence-electron chi connectivity index (χ4n) is 4.09. The summed E-state index contributed by atoms with van der Waals surface area (Å²) < 4.78 is 1.75. The van der Waals surface area contributed by atoms with Crippen molar-refractivity contribution in [3.05, 3.63) is 23.5 Å². The predicted octanol–water partition coefficient (Wildman–Crippen LogP) is 1.17. The van der Waals surface area contributed by atoms with Crippen LogP contribution in [0.1, 0.15) is 36.6 Å². The molecule has 2 saturated heterocycles. The molecule has 2 fully saturated rings. The third kappa shape index (κ3) is 3.30. The smallest absolute Gasteiger partial charge is 0.281 e. The highest BCUT2D eigenvalue weighted by molar-refractivity contribution is 6.56. The molecule has 4 rings (SSSR count). The number of aryl methyl sites for hydroxylation is 1. The van der Waals surface area contributed by atoms with Gasteiger partial charge >= 0.3 is 0 Å². The van der Waals surface area contributed by atoms with E-state index >= 15 is 0 Å². The van der Waals surface area contributed by atoms with Crippen molar-refractivity contribution in [3.8, 4) is 6.07 Å². The first-order valence-corrected chi connectivity index (χ1v) is 9.81. The molecule has 1 N–H and O–H groups in total. The minimum atomic E-state index is -0.656. The second kappa shape index (κ2) is 7.12. The van der Waals surface area contributed by atoms with E-state index in [4.69, 9.17) is 10.2 Å². The highest BCUT2D eigenvalue weighted by atomic mass is 27.0. The Morgan fingerprint density at radius 1 is 1.41 bits per heavy atom. The summed E-state index contributed by atoms with van der Waals surface area (Å²) >= 11 is 2.26. The van der Waals surface area contributed by atoms with Gasteiger partial charge in [0.15, 0.2) is 5.65 Å². The van der Waals surface area contributed by atoms with Crippen LogP contribution < -0.4 is 4.90 Å². The minimum Gasteiger partial charge on any atom is -0.390 e. The molecule has 4 heterocycles. The molecule has 138 valence electrons. The lowest BCUT2D eigenvalue weighted by Crippen LogP contribution is -2.37. The number of rotatable bonds is 2. The number of nitrogens with zero attached hydrogens (tertiary/aromatic N) is 6. The lowest BCUT2D eigenvalue weighted by Gasteiger charge is -2.35. The molecule has 0 aromatic carbocycles. The zero-order valence-electron chi connectivity index (χ0n) is 15.2. The fourth-order valence-corrected chi connectivity index (χ4v) is 4.40. The van der Waals surface area contributed by atoms with Crippen LogP contribution in [0.3, 0.4) is 0 Å². The molecule has 2 aliphatic rings. The Morgan fingerprint density at radius 3 is 2.93 bits per heavy atom. The number of likely N-dealkylation sites (tertiary alicyclic amines) is 1. The van der Waals surface area contributed by atoms with Gasteiger partial charge in [0.2, 0.25) is 0 Å². The fraction of sp³-hybridized carbons (Fsp3) is 0.556.